The Morgan fingerprint density at radius 1 is 0.718 bits per heavy atom. The van der Waals surface area contributed by atoms with Crippen molar-refractivity contribution >= 4 is 32.6 Å². The van der Waals surface area contributed by atoms with Gasteiger partial charge in [-0.1, -0.05) is 61.5 Å². The Balaban J connectivity index is 0.000000231. The van der Waals surface area contributed by atoms with Gasteiger partial charge in [-0.2, -0.15) is 13.2 Å². The summed E-state index contributed by atoms with van der Waals surface area (Å²) in [5.41, 5.74) is 4.50. The fraction of sp³-hybridized carbons (Fsp3) is 0.176. The number of rotatable bonds is 1. The molecule has 0 radical (unpaired) electrons. The topological polar surface area (TPSA) is 25.8 Å². The van der Waals surface area contributed by atoms with Crippen molar-refractivity contribution in [2.24, 2.45) is 0 Å². The predicted molar refractivity (Wildman–Crippen MR) is 153 cm³/mol. The largest absolute Gasteiger partial charge is 0.416 e. The minimum atomic E-state index is -4.34. The van der Waals surface area contributed by atoms with Gasteiger partial charge in [-0.25, -0.2) is 9.97 Å². The van der Waals surface area contributed by atoms with Crippen molar-refractivity contribution in [1.29, 1.82) is 0 Å². The molecular weight excluding hydrogens is 493 g/mol. The standard InChI is InChI=1S/C26H21F3.C8H6N2/c1-16-5-2-6-17-11-12-23-21-10-4-9-20(22(21)13-14-24(23)25(16)17)18-7-3-8-19(15-18)26(27,28)29;1-3-7-4-2-6-10-8(7)9-5-1/h3-4,7-16H,2,5-6H2,1H3;1-6H. The van der Waals surface area contributed by atoms with Crippen LogP contribution in [0.15, 0.2) is 103 Å². The first-order valence-corrected chi connectivity index (χ1v) is 13.2. The van der Waals surface area contributed by atoms with Crippen molar-refractivity contribution in [1.82, 2.24) is 9.97 Å². The van der Waals surface area contributed by atoms with Crippen molar-refractivity contribution in [3.63, 3.8) is 0 Å². The fourth-order valence-corrected chi connectivity index (χ4v) is 5.81. The molecule has 6 aromatic rings. The number of benzene rings is 4. The summed E-state index contributed by atoms with van der Waals surface area (Å²) in [6.07, 6.45) is 2.70. The zero-order valence-electron chi connectivity index (χ0n) is 21.5. The molecule has 0 saturated heterocycles. The molecule has 0 aliphatic heterocycles. The summed E-state index contributed by atoms with van der Waals surface area (Å²) >= 11 is 0. The van der Waals surface area contributed by atoms with Crippen molar-refractivity contribution < 1.29 is 13.2 Å². The van der Waals surface area contributed by atoms with Gasteiger partial charge in [-0.3, -0.25) is 0 Å². The molecule has 194 valence electrons. The highest BCUT2D eigenvalue weighted by molar-refractivity contribution is 6.13. The second kappa shape index (κ2) is 10.1. The summed E-state index contributed by atoms with van der Waals surface area (Å²) < 4.78 is 39.6. The van der Waals surface area contributed by atoms with E-state index in [1.807, 2.05) is 36.4 Å². The highest BCUT2D eigenvalue weighted by Crippen LogP contribution is 2.41. The van der Waals surface area contributed by atoms with E-state index >= 15 is 0 Å². The van der Waals surface area contributed by atoms with E-state index in [2.05, 4.69) is 47.2 Å². The van der Waals surface area contributed by atoms with Gasteiger partial charge in [0, 0.05) is 17.8 Å². The maximum atomic E-state index is 13.2. The molecule has 5 heteroatoms. The average molecular weight is 521 g/mol. The maximum absolute atomic E-state index is 13.2. The van der Waals surface area contributed by atoms with E-state index in [4.69, 9.17) is 0 Å². The molecule has 1 unspecified atom stereocenters. The Hall–Kier alpha value is -4.25. The third kappa shape index (κ3) is 4.85. The Morgan fingerprint density at radius 3 is 2.15 bits per heavy atom. The minimum Gasteiger partial charge on any atom is -0.237 e. The van der Waals surface area contributed by atoms with Crippen molar-refractivity contribution in [3.05, 3.63) is 120 Å². The van der Waals surface area contributed by atoms with E-state index in [-0.39, 0.29) is 0 Å². The van der Waals surface area contributed by atoms with Gasteiger partial charge in [-0.15, -0.1) is 0 Å². The quantitative estimate of drug-likeness (QED) is 0.202. The molecule has 2 nitrogen and oxygen atoms in total. The highest BCUT2D eigenvalue weighted by Gasteiger charge is 2.30. The number of nitrogens with zero attached hydrogens (tertiary/aromatic N) is 2. The molecule has 1 atom stereocenters. The molecule has 0 bridgehead atoms. The summed E-state index contributed by atoms with van der Waals surface area (Å²) in [5, 5.41) is 5.64. The van der Waals surface area contributed by atoms with Crippen LogP contribution in [-0.2, 0) is 12.6 Å². The van der Waals surface area contributed by atoms with Crippen LogP contribution in [0.5, 0.6) is 0 Å². The number of alkyl halides is 3. The molecule has 0 N–H and O–H groups in total. The van der Waals surface area contributed by atoms with Gasteiger partial charge in [0.2, 0.25) is 0 Å². The summed E-state index contributed by atoms with van der Waals surface area (Å²) in [6.45, 7) is 2.29. The first-order chi connectivity index (χ1) is 18.9. The zero-order chi connectivity index (χ0) is 27.0. The second-order valence-corrected chi connectivity index (χ2v) is 10.1. The van der Waals surface area contributed by atoms with Crippen LogP contribution < -0.4 is 0 Å². The van der Waals surface area contributed by atoms with Crippen molar-refractivity contribution in [2.45, 2.75) is 38.3 Å². The molecule has 7 rings (SSSR count). The summed E-state index contributed by atoms with van der Waals surface area (Å²) in [6, 6.07) is 28.0. The normalized spacial score (nSPS) is 15.1. The molecule has 1 aliphatic carbocycles. The molecule has 1 aliphatic rings. The Labute approximate surface area is 225 Å². The molecule has 0 fully saturated rings. The number of fused-ring (bicyclic) bond motifs is 6. The number of hydrogen-bond acceptors (Lipinski definition) is 2. The van der Waals surface area contributed by atoms with Crippen molar-refractivity contribution in [3.8, 4) is 11.1 Å². The Bertz CT molecular complexity index is 1740. The van der Waals surface area contributed by atoms with Crippen LogP contribution in [-0.4, -0.2) is 9.97 Å². The van der Waals surface area contributed by atoms with Crippen LogP contribution in [0.3, 0.4) is 0 Å². The van der Waals surface area contributed by atoms with E-state index in [9.17, 15) is 13.2 Å². The maximum Gasteiger partial charge on any atom is 0.416 e. The number of halogens is 3. The highest BCUT2D eigenvalue weighted by atomic mass is 19.4. The van der Waals surface area contributed by atoms with Crippen LogP contribution in [0, 0.1) is 0 Å². The average Bonchev–Trinajstić information content (AvgIpc) is 2.96. The summed E-state index contributed by atoms with van der Waals surface area (Å²) in [7, 11) is 0. The molecule has 0 amide bonds. The minimum absolute atomic E-state index is 0.534. The lowest BCUT2D eigenvalue weighted by Crippen LogP contribution is -2.07. The number of aryl methyl sites for hydroxylation is 1. The summed E-state index contributed by atoms with van der Waals surface area (Å²) in [5.74, 6) is 0.534. The lowest BCUT2D eigenvalue weighted by molar-refractivity contribution is -0.137. The fourth-order valence-electron chi connectivity index (χ4n) is 5.81. The molecule has 2 aromatic heterocycles. The van der Waals surface area contributed by atoms with Gasteiger partial charge >= 0.3 is 6.18 Å². The van der Waals surface area contributed by atoms with Crippen LogP contribution in [0.1, 0.15) is 42.4 Å². The van der Waals surface area contributed by atoms with Gasteiger partial charge in [0.1, 0.15) is 0 Å². The molecule has 0 spiro atoms. The predicted octanol–water partition coefficient (Wildman–Crippen LogP) is 9.75. The van der Waals surface area contributed by atoms with Crippen LogP contribution >= 0.6 is 0 Å². The van der Waals surface area contributed by atoms with E-state index in [1.54, 1.807) is 18.5 Å². The van der Waals surface area contributed by atoms with Gasteiger partial charge in [0.25, 0.3) is 0 Å². The van der Waals surface area contributed by atoms with Gasteiger partial charge in [-0.05, 0) is 105 Å². The lowest BCUT2D eigenvalue weighted by atomic mass is 9.80. The Kier molecular flexibility index (Phi) is 6.51. The second-order valence-electron chi connectivity index (χ2n) is 10.1. The zero-order valence-corrected chi connectivity index (χ0v) is 21.5. The van der Waals surface area contributed by atoms with Crippen LogP contribution in [0.25, 0.3) is 43.7 Å². The summed E-state index contributed by atoms with van der Waals surface area (Å²) in [4.78, 5) is 8.14. The molecule has 39 heavy (non-hydrogen) atoms. The van der Waals surface area contributed by atoms with E-state index in [0.29, 0.717) is 11.5 Å². The Morgan fingerprint density at radius 2 is 1.41 bits per heavy atom. The van der Waals surface area contributed by atoms with E-state index in [1.165, 1.54) is 46.9 Å². The number of pyridine rings is 2. The molecule has 2 heterocycles. The molecule has 4 aromatic carbocycles. The monoisotopic (exact) mass is 520 g/mol. The molecule has 0 saturated carbocycles. The van der Waals surface area contributed by atoms with E-state index < -0.39 is 11.7 Å². The number of hydrogen-bond donors (Lipinski definition) is 0. The first-order valence-electron chi connectivity index (χ1n) is 13.2. The third-order valence-corrected chi connectivity index (χ3v) is 7.64. The first kappa shape index (κ1) is 25.1. The molecular formula is C34H27F3N2. The lowest BCUT2D eigenvalue weighted by Gasteiger charge is -2.25. The van der Waals surface area contributed by atoms with Gasteiger partial charge in [0.15, 0.2) is 5.65 Å². The van der Waals surface area contributed by atoms with E-state index in [0.717, 1.165) is 39.9 Å². The van der Waals surface area contributed by atoms with Crippen LogP contribution in [0.2, 0.25) is 0 Å². The smallest absolute Gasteiger partial charge is 0.237 e. The van der Waals surface area contributed by atoms with Gasteiger partial charge < -0.3 is 0 Å². The SMILES string of the molecule is CC1CCCc2ccc3c(ccc4c(-c5cccc(C(F)(F)F)c5)cccc43)c21.c1cnc2ncccc2c1. The number of aromatic nitrogens is 2. The van der Waals surface area contributed by atoms with Crippen LogP contribution in [0.4, 0.5) is 13.2 Å². The van der Waals surface area contributed by atoms with Gasteiger partial charge in [0.05, 0.1) is 5.56 Å². The van der Waals surface area contributed by atoms with Crippen molar-refractivity contribution in [2.75, 3.05) is 0 Å². The third-order valence-electron chi connectivity index (χ3n) is 7.64.